The average molecular weight is 380 g/mol. The molecule has 1 N–H and O–H groups in total. The highest BCUT2D eigenvalue weighted by atomic mass is 79.9. The molecule has 0 saturated carbocycles. The molecule has 0 amide bonds. The molecule has 0 aliphatic carbocycles. The maximum atomic E-state index is 12.6. The molecule has 1 unspecified atom stereocenters. The highest BCUT2D eigenvalue weighted by molar-refractivity contribution is 9.10. The Morgan fingerprint density at radius 1 is 1.50 bits per heavy atom. The Morgan fingerprint density at radius 3 is 2.75 bits per heavy atom. The van der Waals surface area contributed by atoms with E-state index < -0.39 is 16.0 Å². The molecule has 1 aliphatic heterocycles. The number of hydrogen-bond donors (Lipinski definition) is 1. The quantitative estimate of drug-likeness (QED) is 0.871. The van der Waals surface area contributed by atoms with Crippen LogP contribution in [0.3, 0.4) is 0 Å². The van der Waals surface area contributed by atoms with E-state index in [1.165, 1.54) is 22.5 Å². The molecule has 0 radical (unpaired) electrons. The van der Waals surface area contributed by atoms with Crippen LogP contribution in [-0.4, -0.2) is 47.9 Å². The largest absolute Gasteiger partial charge is 0.478 e. The van der Waals surface area contributed by atoms with Gasteiger partial charge in [0.25, 0.3) is 0 Å². The summed E-state index contributed by atoms with van der Waals surface area (Å²) in [6.45, 7) is 2.94. The summed E-state index contributed by atoms with van der Waals surface area (Å²) in [6, 6.07) is 3.97. The van der Waals surface area contributed by atoms with E-state index in [1.54, 1.807) is 11.8 Å². The van der Waals surface area contributed by atoms with Crippen molar-refractivity contribution in [3.8, 4) is 0 Å². The Kier molecular flexibility index (Phi) is 4.78. The Labute approximate surface area is 130 Å². The zero-order chi connectivity index (χ0) is 14.9. The molecule has 1 aromatic rings. The van der Waals surface area contributed by atoms with Gasteiger partial charge in [0.1, 0.15) is 0 Å². The molecule has 1 saturated heterocycles. The number of carboxylic acid groups (broad SMARTS) is 1. The van der Waals surface area contributed by atoms with Crippen LogP contribution in [0.2, 0.25) is 0 Å². The van der Waals surface area contributed by atoms with Crippen molar-refractivity contribution in [1.82, 2.24) is 4.31 Å². The Hall–Kier alpha value is -0.570. The number of carbonyl (C=O) groups is 1. The normalized spacial score (nSPS) is 20.8. The highest BCUT2D eigenvalue weighted by Gasteiger charge is 2.30. The second-order valence-corrected chi connectivity index (χ2v) is 8.80. The first-order chi connectivity index (χ1) is 9.32. The minimum absolute atomic E-state index is 0.0541. The highest BCUT2D eigenvalue weighted by Crippen LogP contribution is 2.29. The molecule has 110 valence electrons. The summed E-state index contributed by atoms with van der Waals surface area (Å²) < 4.78 is 26.9. The van der Waals surface area contributed by atoms with E-state index in [1.807, 2.05) is 6.92 Å². The number of benzene rings is 1. The van der Waals surface area contributed by atoms with Crippen LogP contribution in [0, 0.1) is 0 Å². The first-order valence-corrected chi connectivity index (χ1v) is 9.25. The second-order valence-electron chi connectivity index (χ2n) is 4.49. The minimum atomic E-state index is -3.59. The van der Waals surface area contributed by atoms with Gasteiger partial charge >= 0.3 is 5.97 Å². The molecule has 1 fully saturated rings. The van der Waals surface area contributed by atoms with E-state index in [4.69, 9.17) is 5.11 Å². The van der Waals surface area contributed by atoms with Gasteiger partial charge in [0.2, 0.25) is 10.0 Å². The topological polar surface area (TPSA) is 74.7 Å². The van der Waals surface area contributed by atoms with Crippen LogP contribution in [0.15, 0.2) is 27.6 Å². The lowest BCUT2D eigenvalue weighted by molar-refractivity contribution is 0.0696. The Bertz CT molecular complexity index is 632. The molecule has 5 nitrogen and oxygen atoms in total. The molecule has 1 aliphatic rings. The third-order valence-electron chi connectivity index (χ3n) is 3.00. The summed E-state index contributed by atoms with van der Waals surface area (Å²) in [7, 11) is -3.59. The molecular weight excluding hydrogens is 366 g/mol. The molecule has 0 aromatic heterocycles. The van der Waals surface area contributed by atoms with Crippen LogP contribution >= 0.6 is 27.7 Å². The van der Waals surface area contributed by atoms with Gasteiger partial charge in [-0.15, -0.1) is 0 Å². The number of nitrogens with zero attached hydrogens (tertiary/aromatic N) is 1. The maximum absolute atomic E-state index is 12.6. The van der Waals surface area contributed by atoms with Crippen LogP contribution < -0.4 is 0 Å². The van der Waals surface area contributed by atoms with Crippen LogP contribution in [0.4, 0.5) is 0 Å². The van der Waals surface area contributed by atoms with Gasteiger partial charge in [-0.25, -0.2) is 13.2 Å². The summed E-state index contributed by atoms with van der Waals surface area (Å²) in [5, 5.41) is 9.16. The van der Waals surface area contributed by atoms with Crippen LogP contribution in [-0.2, 0) is 10.0 Å². The van der Waals surface area contributed by atoms with Gasteiger partial charge in [-0.2, -0.15) is 16.1 Å². The zero-order valence-corrected chi connectivity index (χ0v) is 14.0. The summed E-state index contributed by atoms with van der Waals surface area (Å²) in [5.74, 6) is -0.316. The van der Waals surface area contributed by atoms with E-state index in [0.717, 1.165) is 5.75 Å². The number of hydrogen-bond acceptors (Lipinski definition) is 4. The molecular formula is C12H14BrNO4S2. The monoisotopic (exact) mass is 379 g/mol. The van der Waals surface area contributed by atoms with Gasteiger partial charge in [0.15, 0.2) is 0 Å². The molecule has 1 aromatic carbocycles. The third kappa shape index (κ3) is 3.19. The Balaban J connectivity index is 2.36. The summed E-state index contributed by atoms with van der Waals surface area (Å²) in [5.41, 5.74) is 0.0541. The first-order valence-electron chi connectivity index (χ1n) is 5.97. The number of halogens is 1. The van der Waals surface area contributed by atoms with Crippen molar-refractivity contribution in [2.24, 2.45) is 0 Å². The van der Waals surface area contributed by atoms with E-state index >= 15 is 0 Å². The van der Waals surface area contributed by atoms with Crippen LogP contribution in [0.1, 0.15) is 17.3 Å². The van der Waals surface area contributed by atoms with Gasteiger partial charge in [0, 0.05) is 28.6 Å². The molecule has 2 rings (SSSR count). The molecule has 20 heavy (non-hydrogen) atoms. The lowest BCUT2D eigenvalue weighted by Gasteiger charge is -2.30. The fourth-order valence-electron chi connectivity index (χ4n) is 1.99. The van der Waals surface area contributed by atoms with Crippen molar-refractivity contribution in [2.75, 3.05) is 18.8 Å². The van der Waals surface area contributed by atoms with E-state index in [9.17, 15) is 13.2 Å². The predicted molar refractivity (Wildman–Crippen MR) is 81.8 cm³/mol. The lowest BCUT2D eigenvalue weighted by atomic mass is 10.2. The predicted octanol–water partition coefficient (Wildman–Crippen LogP) is 2.27. The molecule has 1 heterocycles. The number of carboxylic acids is 1. The van der Waals surface area contributed by atoms with Crippen molar-refractivity contribution in [3.05, 3.63) is 28.2 Å². The number of aromatic carboxylic acids is 1. The fourth-order valence-corrected chi connectivity index (χ4v) is 5.78. The lowest BCUT2D eigenvalue weighted by Crippen LogP contribution is -2.41. The second kappa shape index (κ2) is 6.05. The molecule has 0 spiro atoms. The van der Waals surface area contributed by atoms with Crippen molar-refractivity contribution >= 4 is 43.7 Å². The standard InChI is InChI=1S/C12H14BrNO4S2/c1-8-7-14(4-5-19-8)20(17,18)11-3-2-9(12(15)16)6-10(11)13/h2-3,6,8H,4-5,7H2,1H3,(H,15,16). The summed E-state index contributed by atoms with van der Waals surface area (Å²) in [4.78, 5) is 11.0. The zero-order valence-electron chi connectivity index (χ0n) is 10.7. The Morgan fingerprint density at radius 2 is 2.20 bits per heavy atom. The first kappa shape index (κ1) is 15.8. The fraction of sp³-hybridized carbons (Fsp3) is 0.417. The third-order valence-corrected chi connectivity index (χ3v) is 6.98. The van der Waals surface area contributed by atoms with Crippen molar-refractivity contribution < 1.29 is 18.3 Å². The van der Waals surface area contributed by atoms with Gasteiger partial charge in [-0.05, 0) is 34.1 Å². The molecule has 1 atom stereocenters. The molecule has 8 heteroatoms. The minimum Gasteiger partial charge on any atom is -0.478 e. The van der Waals surface area contributed by atoms with Crippen molar-refractivity contribution in [1.29, 1.82) is 0 Å². The number of sulfonamides is 1. The van der Waals surface area contributed by atoms with Gasteiger partial charge < -0.3 is 5.11 Å². The summed E-state index contributed by atoms with van der Waals surface area (Å²) in [6.07, 6.45) is 0. The average Bonchev–Trinajstić information content (AvgIpc) is 2.38. The van der Waals surface area contributed by atoms with Gasteiger partial charge in [-0.1, -0.05) is 6.92 Å². The van der Waals surface area contributed by atoms with E-state index in [0.29, 0.717) is 13.1 Å². The smallest absolute Gasteiger partial charge is 0.335 e. The summed E-state index contributed by atoms with van der Waals surface area (Å²) >= 11 is 4.91. The van der Waals surface area contributed by atoms with E-state index in [-0.39, 0.29) is 20.2 Å². The number of thioether (sulfide) groups is 1. The van der Waals surface area contributed by atoms with Crippen LogP contribution in [0.25, 0.3) is 0 Å². The van der Waals surface area contributed by atoms with E-state index in [2.05, 4.69) is 15.9 Å². The van der Waals surface area contributed by atoms with Gasteiger partial charge in [0.05, 0.1) is 10.5 Å². The van der Waals surface area contributed by atoms with Crippen molar-refractivity contribution in [3.63, 3.8) is 0 Å². The van der Waals surface area contributed by atoms with Gasteiger partial charge in [-0.3, -0.25) is 0 Å². The van der Waals surface area contributed by atoms with Crippen molar-refractivity contribution in [2.45, 2.75) is 17.1 Å². The van der Waals surface area contributed by atoms with Crippen LogP contribution in [0.5, 0.6) is 0 Å². The molecule has 0 bridgehead atoms. The maximum Gasteiger partial charge on any atom is 0.335 e. The SMILES string of the molecule is CC1CN(S(=O)(=O)c2ccc(C(=O)O)cc2Br)CCS1. The number of rotatable bonds is 3.